The van der Waals surface area contributed by atoms with Crippen molar-refractivity contribution in [3.63, 3.8) is 0 Å². The first-order valence-corrected chi connectivity index (χ1v) is 7.95. The monoisotopic (exact) mass is 318 g/mol. The van der Waals surface area contributed by atoms with E-state index in [1.54, 1.807) is 13.2 Å². The number of hydrogen-bond donors (Lipinski definition) is 2. The van der Waals surface area contributed by atoms with Crippen molar-refractivity contribution < 1.29 is 22.6 Å². The third-order valence-electron chi connectivity index (χ3n) is 2.74. The third-order valence-corrected chi connectivity index (χ3v) is 4.20. The van der Waals surface area contributed by atoms with Crippen molar-refractivity contribution in [3.05, 3.63) is 18.2 Å². The highest BCUT2D eigenvalue weighted by Crippen LogP contribution is 2.29. The summed E-state index contributed by atoms with van der Waals surface area (Å²) in [6.45, 7) is 2.08. The summed E-state index contributed by atoms with van der Waals surface area (Å²) in [4.78, 5) is 0.136. The summed E-state index contributed by atoms with van der Waals surface area (Å²) in [7, 11) is 1.00. The Bertz CT molecular complexity index is 533. The molecule has 0 aromatic heterocycles. The largest absolute Gasteiger partial charge is 0.493 e. The van der Waals surface area contributed by atoms with Gasteiger partial charge in [-0.05, 0) is 12.1 Å². The van der Waals surface area contributed by atoms with Gasteiger partial charge in [-0.15, -0.1) is 0 Å². The summed E-state index contributed by atoms with van der Waals surface area (Å²) in [6, 6.07) is 4.46. The minimum Gasteiger partial charge on any atom is -0.493 e. The van der Waals surface area contributed by atoms with Crippen LogP contribution in [0.2, 0.25) is 0 Å². The standard InChI is InChI=1S/C13H22N2O5S/c1-18-9-8-14-6-7-15-21(16,17)11-4-5-12(19-2)13(10-11)20-3/h4-5,10,14-15H,6-9H2,1-3H3. The van der Waals surface area contributed by atoms with E-state index in [1.165, 1.54) is 26.4 Å². The van der Waals surface area contributed by atoms with Gasteiger partial charge in [0.15, 0.2) is 11.5 Å². The third kappa shape index (κ3) is 5.50. The number of nitrogens with one attached hydrogen (secondary N) is 2. The summed E-state index contributed by atoms with van der Waals surface area (Å²) < 4.78 is 41.8. The number of benzene rings is 1. The molecule has 8 heteroatoms. The molecule has 1 rings (SSSR count). The van der Waals surface area contributed by atoms with Crippen LogP contribution >= 0.6 is 0 Å². The lowest BCUT2D eigenvalue weighted by Crippen LogP contribution is -2.33. The second-order valence-corrected chi connectivity index (χ2v) is 5.92. The van der Waals surface area contributed by atoms with Crippen LogP contribution in [0.15, 0.2) is 23.1 Å². The van der Waals surface area contributed by atoms with E-state index in [0.29, 0.717) is 37.7 Å². The highest BCUT2D eigenvalue weighted by molar-refractivity contribution is 7.89. The molecule has 0 aliphatic rings. The molecular weight excluding hydrogens is 296 g/mol. The highest BCUT2D eigenvalue weighted by atomic mass is 32.2. The maximum atomic E-state index is 12.1. The molecule has 0 atom stereocenters. The number of rotatable bonds is 10. The van der Waals surface area contributed by atoms with Gasteiger partial charge in [0.2, 0.25) is 10.0 Å². The minimum atomic E-state index is -3.57. The molecule has 1 aromatic carbocycles. The maximum Gasteiger partial charge on any atom is 0.240 e. The molecule has 0 radical (unpaired) electrons. The van der Waals surface area contributed by atoms with Crippen LogP contribution in [0.3, 0.4) is 0 Å². The molecule has 0 spiro atoms. The van der Waals surface area contributed by atoms with Crippen molar-refractivity contribution in [2.45, 2.75) is 4.90 Å². The van der Waals surface area contributed by atoms with E-state index in [2.05, 4.69) is 10.0 Å². The Balaban J connectivity index is 2.62. The number of methoxy groups -OCH3 is 3. The minimum absolute atomic E-state index is 0.136. The molecule has 0 aliphatic heterocycles. The topological polar surface area (TPSA) is 85.9 Å². The Hall–Kier alpha value is -1.35. The quantitative estimate of drug-likeness (QED) is 0.600. The molecule has 1 aromatic rings. The van der Waals surface area contributed by atoms with Crippen molar-refractivity contribution in [2.24, 2.45) is 0 Å². The molecule has 120 valence electrons. The lowest BCUT2D eigenvalue weighted by atomic mass is 10.3. The van der Waals surface area contributed by atoms with Crippen LogP contribution in [0.4, 0.5) is 0 Å². The molecule has 2 N–H and O–H groups in total. The van der Waals surface area contributed by atoms with Gasteiger partial charge in [-0.2, -0.15) is 0 Å². The van der Waals surface area contributed by atoms with Crippen molar-refractivity contribution in [1.29, 1.82) is 0 Å². The fraction of sp³-hybridized carbons (Fsp3) is 0.538. The van der Waals surface area contributed by atoms with E-state index in [-0.39, 0.29) is 4.90 Å². The molecule has 0 bridgehead atoms. The number of hydrogen-bond acceptors (Lipinski definition) is 6. The van der Waals surface area contributed by atoms with Crippen LogP contribution in [-0.2, 0) is 14.8 Å². The molecule has 0 unspecified atom stereocenters. The molecule has 0 aliphatic carbocycles. The van der Waals surface area contributed by atoms with E-state index in [0.717, 1.165) is 0 Å². The summed E-state index contributed by atoms with van der Waals surface area (Å²) in [6.07, 6.45) is 0. The zero-order valence-electron chi connectivity index (χ0n) is 12.5. The summed E-state index contributed by atoms with van der Waals surface area (Å²) >= 11 is 0. The first kappa shape index (κ1) is 17.7. The molecule has 0 heterocycles. The van der Waals surface area contributed by atoms with Crippen molar-refractivity contribution in [1.82, 2.24) is 10.0 Å². The van der Waals surface area contributed by atoms with Gasteiger partial charge in [0.25, 0.3) is 0 Å². The Morgan fingerprint density at radius 3 is 2.33 bits per heavy atom. The van der Waals surface area contributed by atoms with Crippen molar-refractivity contribution in [2.75, 3.05) is 47.6 Å². The van der Waals surface area contributed by atoms with Gasteiger partial charge in [-0.1, -0.05) is 0 Å². The van der Waals surface area contributed by atoms with Gasteiger partial charge in [0.1, 0.15) is 0 Å². The van der Waals surface area contributed by atoms with Crippen LogP contribution < -0.4 is 19.5 Å². The van der Waals surface area contributed by atoms with Crippen molar-refractivity contribution >= 4 is 10.0 Å². The summed E-state index contributed by atoms with van der Waals surface area (Å²) in [5.74, 6) is 0.858. The van der Waals surface area contributed by atoms with E-state index in [1.807, 2.05) is 0 Å². The number of sulfonamides is 1. The smallest absolute Gasteiger partial charge is 0.240 e. The number of ether oxygens (including phenoxy) is 3. The fourth-order valence-corrected chi connectivity index (χ4v) is 2.69. The zero-order chi connectivity index (χ0) is 15.7. The molecule has 0 fully saturated rings. The normalized spacial score (nSPS) is 11.4. The Morgan fingerprint density at radius 1 is 1.00 bits per heavy atom. The van der Waals surface area contributed by atoms with Gasteiger partial charge in [0.05, 0.1) is 25.7 Å². The van der Waals surface area contributed by atoms with Crippen LogP contribution in [-0.4, -0.2) is 56.0 Å². The lowest BCUT2D eigenvalue weighted by molar-refractivity contribution is 0.199. The predicted octanol–water partition coefficient (Wildman–Crippen LogP) is 0.218. The molecule has 21 heavy (non-hydrogen) atoms. The van der Waals surface area contributed by atoms with Crippen LogP contribution in [0.1, 0.15) is 0 Å². The van der Waals surface area contributed by atoms with Gasteiger partial charge in [0, 0.05) is 32.8 Å². The van der Waals surface area contributed by atoms with Crippen LogP contribution in [0.25, 0.3) is 0 Å². The molecule has 7 nitrogen and oxygen atoms in total. The Morgan fingerprint density at radius 2 is 1.71 bits per heavy atom. The Labute approximate surface area is 125 Å². The molecular formula is C13H22N2O5S. The highest BCUT2D eigenvalue weighted by Gasteiger charge is 2.16. The predicted molar refractivity (Wildman–Crippen MR) is 79.5 cm³/mol. The second kappa shape index (κ2) is 8.83. The van der Waals surface area contributed by atoms with Crippen molar-refractivity contribution in [3.8, 4) is 11.5 Å². The first-order valence-electron chi connectivity index (χ1n) is 6.46. The second-order valence-electron chi connectivity index (χ2n) is 4.16. The zero-order valence-corrected chi connectivity index (χ0v) is 13.3. The van der Waals surface area contributed by atoms with Gasteiger partial charge < -0.3 is 19.5 Å². The Kier molecular flexibility index (Phi) is 7.44. The van der Waals surface area contributed by atoms with Gasteiger partial charge >= 0.3 is 0 Å². The SMILES string of the molecule is COCCNCCNS(=O)(=O)c1ccc(OC)c(OC)c1. The average Bonchev–Trinajstić information content (AvgIpc) is 2.49. The van der Waals surface area contributed by atoms with Crippen LogP contribution in [0, 0.1) is 0 Å². The first-order chi connectivity index (χ1) is 10.0. The fourth-order valence-electron chi connectivity index (χ4n) is 1.64. The van der Waals surface area contributed by atoms with Gasteiger partial charge in [-0.25, -0.2) is 13.1 Å². The molecule has 0 saturated heterocycles. The van der Waals surface area contributed by atoms with E-state index < -0.39 is 10.0 Å². The van der Waals surface area contributed by atoms with Crippen LogP contribution in [0.5, 0.6) is 11.5 Å². The van der Waals surface area contributed by atoms with E-state index in [4.69, 9.17) is 14.2 Å². The van der Waals surface area contributed by atoms with E-state index >= 15 is 0 Å². The van der Waals surface area contributed by atoms with E-state index in [9.17, 15) is 8.42 Å². The maximum absolute atomic E-state index is 12.1. The average molecular weight is 318 g/mol. The summed E-state index contributed by atoms with van der Waals surface area (Å²) in [5.41, 5.74) is 0. The van der Waals surface area contributed by atoms with Gasteiger partial charge in [-0.3, -0.25) is 0 Å². The molecule has 0 amide bonds. The lowest BCUT2D eigenvalue weighted by Gasteiger charge is -2.11. The molecule has 0 saturated carbocycles. The summed E-state index contributed by atoms with van der Waals surface area (Å²) in [5, 5.41) is 3.05.